The van der Waals surface area contributed by atoms with E-state index >= 15 is 0 Å². The van der Waals surface area contributed by atoms with Crippen molar-refractivity contribution in [3.8, 4) is 16.9 Å². The molecule has 0 radical (unpaired) electrons. The fourth-order valence-corrected chi connectivity index (χ4v) is 4.79. The molecule has 1 aromatic carbocycles. The van der Waals surface area contributed by atoms with Crippen molar-refractivity contribution >= 4 is 32.9 Å². The third-order valence-electron chi connectivity index (χ3n) is 5.41. The third-order valence-corrected chi connectivity index (χ3v) is 6.85. The molecule has 4 rings (SSSR count). The van der Waals surface area contributed by atoms with Gasteiger partial charge in [0.1, 0.15) is 11.4 Å². The number of ether oxygens (including phenoxy) is 2. The minimum absolute atomic E-state index is 0.0523. The van der Waals surface area contributed by atoms with Gasteiger partial charge in [0.15, 0.2) is 11.6 Å². The number of carbonyl (C=O) groups is 1. The van der Waals surface area contributed by atoms with Crippen LogP contribution < -0.4 is 9.46 Å². The summed E-state index contributed by atoms with van der Waals surface area (Å²) in [5.74, 6) is -1.82. The number of halogens is 2. The lowest BCUT2D eigenvalue weighted by Crippen LogP contribution is -2.45. The monoisotopic (exact) mass is 492 g/mol. The largest absolute Gasteiger partial charge is 0.496 e. The highest BCUT2D eigenvalue weighted by molar-refractivity contribution is 7.87. The summed E-state index contributed by atoms with van der Waals surface area (Å²) in [6.45, 7) is 1.83. The Morgan fingerprint density at radius 2 is 2.00 bits per heavy atom. The number of hydrogen-bond donors (Lipinski definition) is 2. The normalized spacial score (nSPS) is 14.6. The van der Waals surface area contributed by atoms with Gasteiger partial charge < -0.3 is 14.5 Å². The van der Waals surface area contributed by atoms with Gasteiger partial charge in [0.25, 0.3) is 0 Å². The first-order valence-electron chi connectivity index (χ1n) is 10.4. The number of aromatic nitrogens is 2. The lowest BCUT2D eigenvalue weighted by Gasteiger charge is -2.25. The molecule has 0 saturated heterocycles. The standard InChI is InChI=1S/C22H22F2N4O5S/c1-3-33-22(29)27-34(30,31)28-8-5-13(6-9-28)19-11-16-14(4-7-25-21(16)26-19)15-10-17(23)18(24)12-20(15)32-2/h4-5,7,10-12H,3,6,8-9H2,1-2H3,(H,25,26)(H,27,29). The van der Waals surface area contributed by atoms with Crippen LogP contribution in [-0.4, -0.2) is 55.6 Å². The molecule has 1 aliphatic rings. The molecule has 1 aliphatic heterocycles. The van der Waals surface area contributed by atoms with Crippen molar-refractivity contribution in [1.82, 2.24) is 19.0 Å². The van der Waals surface area contributed by atoms with E-state index in [4.69, 9.17) is 4.74 Å². The molecule has 34 heavy (non-hydrogen) atoms. The molecule has 0 saturated carbocycles. The van der Waals surface area contributed by atoms with Crippen molar-refractivity contribution in [2.75, 3.05) is 26.8 Å². The highest BCUT2D eigenvalue weighted by atomic mass is 32.2. The van der Waals surface area contributed by atoms with Crippen molar-refractivity contribution in [2.45, 2.75) is 13.3 Å². The molecule has 0 fully saturated rings. The van der Waals surface area contributed by atoms with Crippen LogP contribution in [0.15, 0.2) is 36.5 Å². The van der Waals surface area contributed by atoms with E-state index in [1.165, 1.54) is 7.11 Å². The van der Waals surface area contributed by atoms with Crippen molar-refractivity contribution in [1.29, 1.82) is 0 Å². The van der Waals surface area contributed by atoms with Gasteiger partial charge in [0.2, 0.25) is 0 Å². The van der Waals surface area contributed by atoms with Gasteiger partial charge in [-0.15, -0.1) is 0 Å². The quantitative estimate of drug-likeness (QED) is 0.544. The third kappa shape index (κ3) is 4.59. The lowest BCUT2D eigenvalue weighted by atomic mass is 10.0. The summed E-state index contributed by atoms with van der Waals surface area (Å²) in [6, 6.07) is 5.58. The summed E-state index contributed by atoms with van der Waals surface area (Å²) in [5, 5.41) is 0.668. The van der Waals surface area contributed by atoms with E-state index in [0.29, 0.717) is 34.3 Å². The molecule has 0 spiro atoms. The Labute approximate surface area is 194 Å². The van der Waals surface area contributed by atoms with Crippen LogP contribution in [-0.2, 0) is 14.9 Å². The van der Waals surface area contributed by atoms with Crippen LogP contribution in [0.4, 0.5) is 13.6 Å². The Morgan fingerprint density at radius 3 is 2.68 bits per heavy atom. The minimum atomic E-state index is -4.03. The number of amides is 1. The Hall–Kier alpha value is -3.51. The zero-order chi connectivity index (χ0) is 24.5. The summed E-state index contributed by atoms with van der Waals surface area (Å²) in [5.41, 5.74) is 3.07. The molecule has 0 aliphatic carbocycles. The predicted octanol–water partition coefficient (Wildman–Crippen LogP) is 3.60. The number of rotatable bonds is 6. The first kappa shape index (κ1) is 23.6. The zero-order valence-corrected chi connectivity index (χ0v) is 19.2. The molecular formula is C22H22F2N4O5S. The Bertz CT molecular complexity index is 1390. The Morgan fingerprint density at radius 1 is 1.24 bits per heavy atom. The van der Waals surface area contributed by atoms with Gasteiger partial charge in [-0.3, -0.25) is 0 Å². The number of benzene rings is 1. The number of H-pyrrole nitrogens is 1. The van der Waals surface area contributed by atoms with E-state index in [9.17, 15) is 22.0 Å². The van der Waals surface area contributed by atoms with Gasteiger partial charge in [0, 0.05) is 42.0 Å². The number of methoxy groups -OCH3 is 1. The number of pyridine rings is 1. The molecular weight excluding hydrogens is 470 g/mol. The summed E-state index contributed by atoms with van der Waals surface area (Å²) >= 11 is 0. The molecule has 2 N–H and O–H groups in total. The maximum absolute atomic E-state index is 14.0. The molecule has 3 aromatic rings. The first-order valence-corrected chi connectivity index (χ1v) is 11.8. The second-order valence-corrected chi connectivity index (χ2v) is 9.11. The number of nitrogens with zero attached hydrogens (tertiary/aromatic N) is 2. The molecule has 9 nitrogen and oxygen atoms in total. The van der Waals surface area contributed by atoms with E-state index in [1.807, 2.05) is 10.8 Å². The van der Waals surface area contributed by atoms with Crippen LogP contribution >= 0.6 is 0 Å². The first-order chi connectivity index (χ1) is 16.2. The fourth-order valence-electron chi connectivity index (χ4n) is 3.79. The van der Waals surface area contributed by atoms with E-state index in [-0.39, 0.29) is 25.4 Å². The van der Waals surface area contributed by atoms with Gasteiger partial charge in [0.05, 0.1) is 13.7 Å². The number of hydrogen-bond acceptors (Lipinski definition) is 6. The highest BCUT2D eigenvalue weighted by Crippen LogP contribution is 2.37. The Balaban J connectivity index is 1.63. The van der Waals surface area contributed by atoms with Crippen molar-refractivity contribution in [2.24, 2.45) is 0 Å². The molecule has 180 valence electrons. The summed E-state index contributed by atoms with van der Waals surface area (Å²) in [6.07, 6.45) is 2.62. The Kier molecular flexibility index (Phi) is 6.53. The SMILES string of the molecule is CCOC(=O)NS(=O)(=O)N1CC=C(c2cc3c(-c4cc(F)c(F)cc4OC)ccnc3[nH]2)CC1. The minimum Gasteiger partial charge on any atom is -0.496 e. The molecule has 2 aromatic heterocycles. The van der Waals surface area contributed by atoms with Gasteiger partial charge in [-0.2, -0.15) is 12.7 Å². The lowest BCUT2D eigenvalue weighted by molar-refractivity contribution is 0.158. The second kappa shape index (κ2) is 9.39. The fraction of sp³-hybridized carbons (Fsp3) is 0.273. The van der Waals surface area contributed by atoms with Crippen LogP contribution in [0.25, 0.3) is 27.7 Å². The number of nitrogens with one attached hydrogen (secondary N) is 2. The van der Waals surface area contributed by atoms with Crippen molar-refractivity contribution in [3.05, 3.63) is 53.9 Å². The maximum atomic E-state index is 14.0. The number of carbonyl (C=O) groups excluding carboxylic acids is 1. The zero-order valence-electron chi connectivity index (χ0n) is 18.4. The molecule has 12 heteroatoms. The summed E-state index contributed by atoms with van der Waals surface area (Å²) in [7, 11) is -2.66. The molecule has 3 heterocycles. The second-order valence-electron chi connectivity index (χ2n) is 7.44. The maximum Gasteiger partial charge on any atom is 0.421 e. The van der Waals surface area contributed by atoms with E-state index < -0.39 is 27.9 Å². The smallest absolute Gasteiger partial charge is 0.421 e. The highest BCUT2D eigenvalue weighted by Gasteiger charge is 2.27. The van der Waals surface area contributed by atoms with Gasteiger partial charge >= 0.3 is 16.3 Å². The molecule has 0 bridgehead atoms. The number of fused-ring (bicyclic) bond motifs is 1. The van der Waals surface area contributed by atoms with Crippen LogP contribution in [0.1, 0.15) is 19.0 Å². The van der Waals surface area contributed by atoms with Gasteiger partial charge in [-0.1, -0.05) is 6.08 Å². The summed E-state index contributed by atoms with van der Waals surface area (Å²) < 4.78 is 65.3. The summed E-state index contributed by atoms with van der Waals surface area (Å²) in [4.78, 5) is 19.0. The predicted molar refractivity (Wildman–Crippen MR) is 121 cm³/mol. The topological polar surface area (TPSA) is 114 Å². The average Bonchev–Trinajstić information content (AvgIpc) is 3.25. The van der Waals surface area contributed by atoms with Gasteiger partial charge in [-0.05, 0) is 42.7 Å². The van der Waals surface area contributed by atoms with Crippen molar-refractivity contribution < 1.29 is 31.5 Å². The van der Waals surface area contributed by atoms with Gasteiger partial charge in [-0.25, -0.2) is 23.3 Å². The van der Waals surface area contributed by atoms with E-state index in [2.05, 4.69) is 14.7 Å². The molecule has 0 atom stereocenters. The van der Waals surface area contributed by atoms with Crippen LogP contribution in [0.2, 0.25) is 0 Å². The average molecular weight is 493 g/mol. The van der Waals surface area contributed by atoms with E-state index in [1.54, 1.807) is 25.3 Å². The van der Waals surface area contributed by atoms with Crippen LogP contribution in [0, 0.1) is 11.6 Å². The number of aromatic amines is 1. The van der Waals surface area contributed by atoms with E-state index in [0.717, 1.165) is 22.0 Å². The van der Waals surface area contributed by atoms with Crippen LogP contribution in [0.5, 0.6) is 5.75 Å². The molecule has 0 unspecified atom stereocenters. The molecule has 1 amide bonds. The van der Waals surface area contributed by atoms with Crippen molar-refractivity contribution in [3.63, 3.8) is 0 Å². The van der Waals surface area contributed by atoms with Crippen LogP contribution in [0.3, 0.4) is 0 Å².